The van der Waals surface area contributed by atoms with E-state index in [0.717, 1.165) is 18.4 Å². The fourth-order valence-electron chi connectivity index (χ4n) is 1.15. The normalized spacial score (nSPS) is 13.4. The minimum atomic E-state index is -3.46. The van der Waals surface area contributed by atoms with Gasteiger partial charge in [0.05, 0.1) is 4.90 Å². The van der Waals surface area contributed by atoms with E-state index in [-0.39, 0.29) is 16.2 Å². The first-order chi connectivity index (χ1) is 7.23. The molecule has 0 saturated carbocycles. The zero-order valence-electron chi connectivity index (χ0n) is 8.41. The van der Waals surface area contributed by atoms with Gasteiger partial charge in [0.25, 0.3) is 0 Å². The van der Waals surface area contributed by atoms with Crippen LogP contribution in [0.5, 0.6) is 5.75 Å². The van der Waals surface area contributed by atoms with E-state index in [2.05, 4.69) is 0 Å². The molecule has 7 heteroatoms. The standard InChI is InChI=1S/C9H11NO5S/c1-16(14,15)5-2-3-7(11)6(4-5)8(10)9(12)13/h2-4,8,11H,10H2,1H3,(H,12,13)/t8-/m0/s1. The Labute approximate surface area is 92.2 Å². The predicted molar refractivity (Wildman–Crippen MR) is 55.8 cm³/mol. The minimum Gasteiger partial charge on any atom is -0.508 e. The van der Waals surface area contributed by atoms with Crippen molar-refractivity contribution in [1.82, 2.24) is 0 Å². The fourth-order valence-corrected chi connectivity index (χ4v) is 1.80. The van der Waals surface area contributed by atoms with Crippen molar-refractivity contribution in [3.63, 3.8) is 0 Å². The lowest BCUT2D eigenvalue weighted by molar-refractivity contribution is -0.138. The zero-order valence-corrected chi connectivity index (χ0v) is 9.23. The minimum absolute atomic E-state index is 0.0861. The maximum absolute atomic E-state index is 11.2. The molecule has 0 amide bonds. The van der Waals surface area contributed by atoms with Gasteiger partial charge in [0, 0.05) is 11.8 Å². The fraction of sp³-hybridized carbons (Fsp3) is 0.222. The third-order valence-corrected chi connectivity index (χ3v) is 3.14. The van der Waals surface area contributed by atoms with E-state index in [1.54, 1.807) is 0 Å². The summed E-state index contributed by atoms with van der Waals surface area (Å²) in [7, 11) is -3.46. The Kier molecular flexibility index (Phi) is 3.20. The number of phenolic OH excluding ortho intramolecular Hbond substituents is 1. The first-order valence-corrected chi connectivity index (χ1v) is 6.14. The van der Waals surface area contributed by atoms with Gasteiger partial charge in [-0.25, -0.2) is 8.42 Å². The van der Waals surface area contributed by atoms with Crippen molar-refractivity contribution in [3.05, 3.63) is 23.8 Å². The lowest BCUT2D eigenvalue weighted by Crippen LogP contribution is -2.21. The van der Waals surface area contributed by atoms with Gasteiger partial charge in [0.15, 0.2) is 9.84 Å². The Morgan fingerprint density at radius 1 is 1.44 bits per heavy atom. The van der Waals surface area contributed by atoms with Gasteiger partial charge in [0.1, 0.15) is 11.8 Å². The van der Waals surface area contributed by atoms with E-state index in [0.29, 0.717) is 0 Å². The zero-order chi connectivity index (χ0) is 12.5. The number of rotatable bonds is 3. The van der Waals surface area contributed by atoms with Crippen LogP contribution in [-0.4, -0.2) is 30.9 Å². The number of phenols is 1. The molecule has 0 aliphatic carbocycles. The van der Waals surface area contributed by atoms with Crippen LogP contribution in [0.15, 0.2) is 23.1 Å². The summed E-state index contributed by atoms with van der Waals surface area (Å²) in [6.45, 7) is 0. The third-order valence-electron chi connectivity index (χ3n) is 2.03. The molecule has 4 N–H and O–H groups in total. The number of hydrogen-bond donors (Lipinski definition) is 3. The number of carbonyl (C=O) groups is 1. The number of carboxylic acid groups (broad SMARTS) is 1. The van der Waals surface area contributed by atoms with Crippen LogP contribution in [0.25, 0.3) is 0 Å². The smallest absolute Gasteiger partial charge is 0.325 e. The largest absolute Gasteiger partial charge is 0.508 e. The van der Waals surface area contributed by atoms with Crippen molar-refractivity contribution in [2.24, 2.45) is 5.73 Å². The SMILES string of the molecule is CS(=O)(=O)c1ccc(O)c([C@H](N)C(=O)O)c1. The number of carboxylic acids is 1. The Morgan fingerprint density at radius 3 is 2.44 bits per heavy atom. The van der Waals surface area contributed by atoms with E-state index in [1.165, 1.54) is 6.07 Å². The van der Waals surface area contributed by atoms with Crippen molar-refractivity contribution in [2.45, 2.75) is 10.9 Å². The summed E-state index contributed by atoms with van der Waals surface area (Å²) >= 11 is 0. The van der Waals surface area contributed by atoms with Crippen LogP contribution < -0.4 is 5.73 Å². The lowest BCUT2D eigenvalue weighted by atomic mass is 10.1. The highest BCUT2D eigenvalue weighted by molar-refractivity contribution is 7.90. The molecule has 0 heterocycles. The molecule has 0 fully saturated rings. The number of hydrogen-bond acceptors (Lipinski definition) is 5. The number of sulfone groups is 1. The second-order valence-electron chi connectivity index (χ2n) is 3.31. The number of benzene rings is 1. The summed E-state index contributed by atoms with van der Waals surface area (Å²) in [4.78, 5) is 10.5. The maximum atomic E-state index is 11.2. The van der Waals surface area contributed by atoms with Crippen molar-refractivity contribution in [1.29, 1.82) is 0 Å². The van der Waals surface area contributed by atoms with Gasteiger partial charge < -0.3 is 15.9 Å². The Morgan fingerprint density at radius 2 is 2.00 bits per heavy atom. The number of aliphatic carboxylic acids is 1. The molecule has 1 aromatic carbocycles. The molecule has 0 aromatic heterocycles. The Balaban J connectivity index is 3.35. The molecule has 0 saturated heterocycles. The summed E-state index contributed by atoms with van der Waals surface area (Å²) in [5, 5.41) is 18.0. The topological polar surface area (TPSA) is 118 Å². The van der Waals surface area contributed by atoms with Crippen LogP contribution in [0, 0.1) is 0 Å². The number of nitrogens with two attached hydrogens (primary N) is 1. The molecule has 0 bridgehead atoms. The highest BCUT2D eigenvalue weighted by Crippen LogP contribution is 2.26. The van der Waals surface area contributed by atoms with E-state index >= 15 is 0 Å². The Hall–Kier alpha value is -1.60. The summed E-state index contributed by atoms with van der Waals surface area (Å²) in [5.41, 5.74) is 5.17. The highest BCUT2D eigenvalue weighted by atomic mass is 32.2. The van der Waals surface area contributed by atoms with E-state index in [1.807, 2.05) is 0 Å². The van der Waals surface area contributed by atoms with Gasteiger partial charge >= 0.3 is 5.97 Å². The second kappa shape index (κ2) is 4.11. The molecule has 6 nitrogen and oxygen atoms in total. The highest BCUT2D eigenvalue weighted by Gasteiger charge is 2.20. The number of aromatic hydroxyl groups is 1. The monoisotopic (exact) mass is 245 g/mol. The molecular weight excluding hydrogens is 234 g/mol. The molecule has 0 aliphatic rings. The summed E-state index contributed by atoms with van der Waals surface area (Å²) in [6, 6.07) is 1.89. The molecule has 16 heavy (non-hydrogen) atoms. The molecule has 1 aromatic rings. The van der Waals surface area contributed by atoms with Crippen LogP contribution >= 0.6 is 0 Å². The van der Waals surface area contributed by atoms with Crippen LogP contribution in [0.1, 0.15) is 11.6 Å². The van der Waals surface area contributed by atoms with E-state index in [9.17, 15) is 18.3 Å². The van der Waals surface area contributed by atoms with Crippen molar-refractivity contribution < 1.29 is 23.4 Å². The van der Waals surface area contributed by atoms with Crippen molar-refractivity contribution in [2.75, 3.05) is 6.26 Å². The quantitative estimate of drug-likeness (QED) is 0.683. The average molecular weight is 245 g/mol. The van der Waals surface area contributed by atoms with Gasteiger partial charge in [-0.1, -0.05) is 0 Å². The predicted octanol–water partition coefficient (Wildman–Crippen LogP) is -0.120. The van der Waals surface area contributed by atoms with Gasteiger partial charge in [-0.05, 0) is 18.2 Å². The molecule has 0 unspecified atom stereocenters. The summed E-state index contributed by atoms with van der Waals surface area (Å²) in [5.74, 6) is -1.69. The Bertz CT molecular complexity index is 523. The van der Waals surface area contributed by atoms with Crippen molar-refractivity contribution in [3.8, 4) is 5.75 Å². The van der Waals surface area contributed by atoms with Crippen LogP contribution in [0.2, 0.25) is 0 Å². The van der Waals surface area contributed by atoms with E-state index in [4.69, 9.17) is 10.8 Å². The molecule has 0 radical (unpaired) electrons. The first kappa shape index (κ1) is 12.5. The summed E-state index contributed by atoms with van der Waals surface area (Å²) < 4.78 is 22.4. The molecule has 1 atom stereocenters. The van der Waals surface area contributed by atoms with Crippen LogP contribution in [0.3, 0.4) is 0 Å². The lowest BCUT2D eigenvalue weighted by Gasteiger charge is -2.10. The molecular formula is C9H11NO5S. The third kappa shape index (κ3) is 2.50. The van der Waals surface area contributed by atoms with Gasteiger partial charge in [-0.3, -0.25) is 4.79 Å². The molecule has 1 rings (SSSR count). The molecule has 88 valence electrons. The van der Waals surface area contributed by atoms with Crippen molar-refractivity contribution >= 4 is 15.8 Å². The van der Waals surface area contributed by atoms with Gasteiger partial charge in [-0.2, -0.15) is 0 Å². The van der Waals surface area contributed by atoms with E-state index < -0.39 is 21.8 Å². The second-order valence-corrected chi connectivity index (χ2v) is 5.32. The summed E-state index contributed by atoms with van der Waals surface area (Å²) in [6.07, 6.45) is 0.982. The van der Waals surface area contributed by atoms with Crippen LogP contribution in [0.4, 0.5) is 0 Å². The molecule has 0 aliphatic heterocycles. The maximum Gasteiger partial charge on any atom is 0.325 e. The average Bonchev–Trinajstić information content (AvgIpc) is 2.15. The first-order valence-electron chi connectivity index (χ1n) is 4.25. The van der Waals surface area contributed by atoms with Gasteiger partial charge in [-0.15, -0.1) is 0 Å². The van der Waals surface area contributed by atoms with Gasteiger partial charge in [0.2, 0.25) is 0 Å². The van der Waals surface area contributed by atoms with Crippen LogP contribution in [-0.2, 0) is 14.6 Å². The molecule has 0 spiro atoms.